The van der Waals surface area contributed by atoms with Crippen LogP contribution in [0.4, 0.5) is 34.4 Å². The lowest BCUT2D eigenvalue weighted by Gasteiger charge is -2.37. The number of aromatic nitrogens is 2. The molecule has 764 valence electrons. The highest BCUT2D eigenvalue weighted by molar-refractivity contribution is 9.10. The van der Waals surface area contributed by atoms with Crippen LogP contribution in [0.15, 0.2) is 172 Å². The number of hydrogen-bond donors (Lipinski definition) is 5. The smallest absolute Gasteiger partial charge is 0.338 e. The number of esters is 2. The van der Waals surface area contributed by atoms with Crippen LogP contribution in [0.1, 0.15) is 213 Å². The number of pyridine rings is 2. The summed E-state index contributed by atoms with van der Waals surface area (Å²) in [5, 5.41) is 60.5. The van der Waals surface area contributed by atoms with Crippen LogP contribution in [0.3, 0.4) is 0 Å². The van der Waals surface area contributed by atoms with Crippen molar-refractivity contribution in [1.82, 2.24) is 20.2 Å². The molecule has 2 aromatic heterocycles. The first-order valence-corrected chi connectivity index (χ1v) is 52.4. The molecule has 6 fully saturated rings. The average Bonchev–Trinajstić information content (AvgIpc) is 0.771. The molecule has 0 bridgehead atoms. The van der Waals surface area contributed by atoms with Crippen molar-refractivity contribution in [2.45, 2.75) is 184 Å². The third-order valence-corrected chi connectivity index (χ3v) is 31.3. The number of carbonyl (C=O) groups excluding carboxylic acids is 3. The molecule has 16 rings (SSSR count). The monoisotopic (exact) mass is 2060 g/mol. The molecule has 0 spiro atoms. The maximum absolute atomic E-state index is 13.9. The lowest BCUT2D eigenvalue weighted by atomic mass is 9.83. The fourth-order valence-corrected chi connectivity index (χ4v) is 22.4. The van der Waals surface area contributed by atoms with Gasteiger partial charge in [0.15, 0.2) is 0 Å². The molecule has 1 amide bonds. The zero-order chi connectivity index (χ0) is 103. The number of nitriles is 4. The van der Waals surface area contributed by atoms with Gasteiger partial charge in [0, 0.05) is 133 Å². The third-order valence-electron chi connectivity index (χ3n) is 28.2. The molecular formula is C113H142BrN17O11S2. The number of piperidine rings is 4. The number of nitrogens with two attached hydrogens (primary N) is 3. The number of amides is 1. The number of aryl methyl sites for hydroxylation is 8. The first-order chi connectivity index (χ1) is 67.8. The highest BCUT2D eigenvalue weighted by Gasteiger charge is 2.34. The quantitative estimate of drug-likeness (QED) is 0.0498. The predicted molar refractivity (Wildman–Crippen MR) is 578 cm³/mol. The van der Waals surface area contributed by atoms with E-state index in [0.29, 0.717) is 78.3 Å². The van der Waals surface area contributed by atoms with Gasteiger partial charge in [-0.2, -0.15) is 21.0 Å². The molecule has 0 unspecified atom stereocenters. The second-order valence-electron chi connectivity index (χ2n) is 37.6. The van der Waals surface area contributed by atoms with Gasteiger partial charge in [-0.15, -0.1) is 0 Å². The maximum atomic E-state index is 13.9. The molecule has 8 N–H and O–H groups in total. The van der Waals surface area contributed by atoms with Crippen LogP contribution in [0.2, 0.25) is 0 Å². The molecule has 0 atom stereocenters. The van der Waals surface area contributed by atoms with Crippen LogP contribution in [-0.2, 0) is 48.8 Å². The van der Waals surface area contributed by atoms with Gasteiger partial charge < -0.3 is 59.9 Å². The van der Waals surface area contributed by atoms with Crippen molar-refractivity contribution >= 4 is 94.2 Å². The maximum Gasteiger partial charge on any atom is 0.338 e. The molecule has 8 aromatic carbocycles. The summed E-state index contributed by atoms with van der Waals surface area (Å²) < 4.78 is 57.6. The van der Waals surface area contributed by atoms with Crippen molar-refractivity contribution in [2.24, 2.45) is 33.8 Å². The number of halogens is 1. The van der Waals surface area contributed by atoms with Crippen molar-refractivity contribution in [3.63, 3.8) is 0 Å². The van der Waals surface area contributed by atoms with E-state index in [2.05, 4.69) is 115 Å². The van der Waals surface area contributed by atoms with E-state index < -0.39 is 26.0 Å². The fraction of sp³-hybridized carbons (Fsp3) is 0.416. The summed E-state index contributed by atoms with van der Waals surface area (Å²) in [5.74, 6) is 1.06. The largest absolute Gasteiger partial charge is 0.478 e. The third kappa shape index (κ3) is 28.7. The number of para-hydroxylation sites is 4. The van der Waals surface area contributed by atoms with E-state index in [1.165, 1.54) is 59.7 Å². The number of methoxy groups -OCH3 is 2. The average molecular weight is 2060 g/mol. The van der Waals surface area contributed by atoms with E-state index >= 15 is 0 Å². The number of carbonyl (C=O) groups is 4. The Labute approximate surface area is 861 Å². The van der Waals surface area contributed by atoms with E-state index in [0.717, 1.165) is 254 Å². The topological polar surface area (TPSA) is 409 Å². The SMILES string of the molecule is C.C.COC(=O)c1c(C)cc(C)c(Br)c1C.COC(=O)c1c(C)cc(C)c(CC2CCN(c3ccccc3C#N)CC2)c1C.Cc1cc(C)c(C(=O)N2CCN(c3ncccc3S(N)(=O)=O)CC2)c(C)c1CC1CCN(c2ccccc2C#N)CC1.Cc1cc(C)c(C(=O)O)c(C)c1CC1CCN(c2ccccc2C#N)CC1.N#Cc1ccccc1N1CCC(N)CC1.NS(=O)(=O)c1cccnc1N1CCNCC1. The lowest BCUT2D eigenvalue weighted by Crippen LogP contribution is -2.49. The minimum atomic E-state index is -3.91. The fourth-order valence-electron chi connectivity index (χ4n) is 20.6. The number of benzene rings is 8. The van der Waals surface area contributed by atoms with Gasteiger partial charge in [-0.3, -0.25) is 4.79 Å². The van der Waals surface area contributed by atoms with Crippen LogP contribution < -0.4 is 50.7 Å². The van der Waals surface area contributed by atoms with E-state index in [1.54, 1.807) is 24.5 Å². The number of ether oxygens (including phenoxy) is 2. The van der Waals surface area contributed by atoms with E-state index in [-0.39, 0.29) is 42.5 Å². The molecule has 31 heteroatoms. The van der Waals surface area contributed by atoms with E-state index in [1.807, 2.05) is 179 Å². The summed E-state index contributed by atoms with van der Waals surface area (Å²) in [5.41, 5.74) is 31.7. The highest BCUT2D eigenvalue weighted by atomic mass is 79.9. The van der Waals surface area contributed by atoms with Crippen LogP contribution in [0.25, 0.3) is 0 Å². The number of anilines is 6. The number of rotatable bonds is 18. The second kappa shape index (κ2) is 53.0. The van der Waals surface area contributed by atoms with Crippen molar-refractivity contribution in [3.05, 3.63) is 290 Å². The van der Waals surface area contributed by atoms with Gasteiger partial charge >= 0.3 is 17.9 Å². The first-order valence-electron chi connectivity index (χ1n) is 48.5. The van der Waals surface area contributed by atoms with E-state index in [9.17, 15) is 56.9 Å². The lowest BCUT2D eigenvalue weighted by molar-refractivity contribution is 0.0589. The molecule has 6 saturated heterocycles. The molecule has 0 radical (unpaired) electrons. The summed E-state index contributed by atoms with van der Waals surface area (Å²) in [6.45, 7) is 36.6. The minimum absolute atomic E-state index is 0. The minimum Gasteiger partial charge on any atom is -0.478 e. The van der Waals surface area contributed by atoms with Crippen LogP contribution in [-0.4, -0.2) is 186 Å². The summed E-state index contributed by atoms with van der Waals surface area (Å²) >= 11 is 3.45. The molecule has 6 aliphatic rings. The number of primary sulfonamides is 2. The van der Waals surface area contributed by atoms with Gasteiger partial charge in [0.25, 0.3) is 5.91 Å². The molecular weight excluding hydrogens is 1920 g/mol. The summed E-state index contributed by atoms with van der Waals surface area (Å²) in [6, 6.07) is 54.9. The van der Waals surface area contributed by atoms with Crippen molar-refractivity contribution in [3.8, 4) is 24.3 Å². The predicted octanol–water partition coefficient (Wildman–Crippen LogP) is 18.4. The normalized spacial score (nSPS) is 15.1. The zero-order valence-electron chi connectivity index (χ0n) is 84.2. The number of hydrogen-bond acceptors (Lipinski definition) is 24. The number of aromatic carboxylic acids is 1. The first kappa shape index (κ1) is 115. The van der Waals surface area contributed by atoms with Gasteiger partial charge in [0.05, 0.1) is 75.9 Å². The molecule has 28 nitrogen and oxygen atoms in total. The molecule has 8 heterocycles. The zero-order valence-corrected chi connectivity index (χ0v) is 87.4. The number of sulfonamides is 2. The van der Waals surface area contributed by atoms with Crippen molar-refractivity contribution in [1.29, 1.82) is 21.0 Å². The Morgan fingerprint density at radius 2 is 0.688 bits per heavy atom. The van der Waals surface area contributed by atoms with Gasteiger partial charge in [0.2, 0.25) is 20.0 Å². The standard InChI is InChI=1S/C32H38N6O3S.C24H28N2O2.C23H26N2O2.C12H15N3.C11H13BrO2.C9H14N4O2S.2CH4/c1-22-19-23(2)30(32(39)38-17-15-37(16-18-38)31-29(42(34,40)41)9-6-12-35-31)24(3)27(22)20-25-10-13-36(14-11-25)28-8-5-4-7-26(28)21-33;1-16-13-17(2)23(24(27)28-4)18(3)21(16)14-19-9-11-26(12-10-19)22-8-6-5-7-20(22)15-25;1-15-12-16(2)22(23(26)27)17(3)20(15)13-18-8-10-25(11-9-18)21-7-5-4-6-19(21)14-24;13-9-10-3-1-2-4-12(10)15-7-5-11(14)6-8-15;1-6-5-7(2)10(12)8(3)9(6)11(13)14-4;10-16(14,15)8-2-1-3-12-9(8)13-6-4-11-5-7-13;;/h4-9,12,19,25H,10-11,13-18,20H2,1-3H3,(H2,34,40,41);5-8,13,19H,9-12,14H2,1-4H3;4-7,12,18H,8-11,13H2,1-3H3,(H,26,27);1-4,11H,5-8,14H2;5H,1-4H3;1-3,11H,4-7H2,(H2,10,14,15);2*1H4. The Balaban J connectivity index is 0.000000201. The molecule has 0 aliphatic carbocycles. The van der Waals surface area contributed by atoms with Gasteiger partial charge in [-0.1, -0.05) is 104 Å². The number of carboxylic acid groups (broad SMARTS) is 1. The van der Waals surface area contributed by atoms with Crippen LogP contribution in [0.5, 0.6) is 0 Å². The Hall–Kier alpha value is -13.1. The summed E-state index contributed by atoms with van der Waals surface area (Å²) in [6.07, 6.45) is 14.3. The molecule has 6 aliphatic heterocycles. The molecule has 10 aromatic rings. The second-order valence-corrected chi connectivity index (χ2v) is 41.4. The number of nitrogens with one attached hydrogen (secondary N) is 1. The number of piperazine rings is 2. The van der Waals surface area contributed by atoms with Gasteiger partial charge in [0.1, 0.15) is 45.7 Å². The van der Waals surface area contributed by atoms with Crippen LogP contribution in [0, 0.1) is 146 Å². The van der Waals surface area contributed by atoms with Crippen molar-refractivity contribution in [2.75, 3.05) is 148 Å². The Morgan fingerprint density at radius 1 is 0.396 bits per heavy atom. The number of nitrogens with zero attached hydrogens (tertiary/aromatic N) is 13. The van der Waals surface area contributed by atoms with Crippen LogP contribution >= 0.6 is 15.9 Å². The summed E-state index contributed by atoms with van der Waals surface area (Å²) in [7, 11) is -4.78. The molecule has 144 heavy (non-hydrogen) atoms. The molecule has 0 saturated carbocycles. The van der Waals surface area contributed by atoms with E-state index in [4.69, 9.17) is 30.7 Å². The summed E-state index contributed by atoms with van der Waals surface area (Å²) in [4.78, 5) is 72.5. The van der Waals surface area contributed by atoms with Crippen molar-refractivity contribution < 1.29 is 50.6 Å². The Morgan fingerprint density at radius 3 is 1.01 bits per heavy atom. The Kier molecular flexibility index (Phi) is 42.1. The van der Waals surface area contributed by atoms with Gasteiger partial charge in [-0.05, 0) is 328 Å². The Bertz CT molecular complexity index is 6620. The van der Waals surface area contributed by atoms with Gasteiger partial charge in [-0.25, -0.2) is 51.5 Å². The highest BCUT2D eigenvalue weighted by Crippen LogP contribution is 2.38. The number of carboxylic acids is 1.